The third kappa shape index (κ3) is 5.26. The van der Waals surface area contributed by atoms with Gasteiger partial charge in [-0.2, -0.15) is 0 Å². The number of anilines is 1. The van der Waals surface area contributed by atoms with Gasteiger partial charge in [0.1, 0.15) is 5.75 Å². The number of rotatable bonds is 7. The lowest BCUT2D eigenvalue weighted by molar-refractivity contribution is -0.123. The van der Waals surface area contributed by atoms with Gasteiger partial charge in [0.2, 0.25) is 5.91 Å². The van der Waals surface area contributed by atoms with Crippen LogP contribution in [0.2, 0.25) is 0 Å². The highest BCUT2D eigenvalue weighted by Gasteiger charge is 2.27. The van der Waals surface area contributed by atoms with Crippen molar-refractivity contribution in [3.05, 3.63) is 93.5 Å². The molecule has 3 aromatic rings. The summed E-state index contributed by atoms with van der Waals surface area (Å²) in [4.78, 5) is 13.2. The molecule has 2 atom stereocenters. The van der Waals surface area contributed by atoms with Crippen LogP contribution >= 0.6 is 0 Å². The van der Waals surface area contributed by atoms with Gasteiger partial charge in [0, 0.05) is 12.1 Å². The number of nitrogens with one attached hydrogen (secondary N) is 2. The molecule has 3 aromatic carbocycles. The van der Waals surface area contributed by atoms with Crippen molar-refractivity contribution < 1.29 is 9.53 Å². The highest BCUT2D eigenvalue weighted by Crippen LogP contribution is 2.38. The van der Waals surface area contributed by atoms with E-state index in [9.17, 15) is 4.79 Å². The van der Waals surface area contributed by atoms with Crippen molar-refractivity contribution in [1.29, 1.82) is 0 Å². The van der Waals surface area contributed by atoms with Gasteiger partial charge in [-0.3, -0.25) is 4.79 Å². The lowest BCUT2D eigenvalue weighted by atomic mass is 9.92. The zero-order valence-corrected chi connectivity index (χ0v) is 20.6. The largest absolute Gasteiger partial charge is 0.495 e. The van der Waals surface area contributed by atoms with E-state index in [1.807, 2.05) is 6.07 Å². The van der Waals surface area contributed by atoms with Gasteiger partial charge in [0.25, 0.3) is 0 Å². The summed E-state index contributed by atoms with van der Waals surface area (Å²) in [5, 5.41) is 6.69. The van der Waals surface area contributed by atoms with E-state index in [0.717, 1.165) is 47.5 Å². The first-order valence-corrected chi connectivity index (χ1v) is 12.0. The minimum Gasteiger partial charge on any atom is -0.495 e. The van der Waals surface area contributed by atoms with Crippen molar-refractivity contribution in [2.45, 2.75) is 52.1 Å². The van der Waals surface area contributed by atoms with Gasteiger partial charge >= 0.3 is 0 Å². The molecular formula is C29H35N3O2. The molecule has 0 aromatic heterocycles. The maximum atomic E-state index is 13.2. The standard InChI is InChI=1S/C29H35N3O2/c1-18-12-19(2)23(20(3)13-18)17-25(30)29(33)32-26-10-11-31-28-24(26)15-22(16-27(28)34-4)14-21-8-6-5-7-9-21/h5-9,12-13,15-16,25-26,31H,10-11,14,17,30H2,1-4H3,(H,32,33)/t25-,26+/m0/s1. The normalized spacial score (nSPS) is 15.7. The Bertz CT molecular complexity index is 1150. The fraction of sp³-hybridized carbons (Fsp3) is 0.345. The first-order chi connectivity index (χ1) is 16.4. The maximum absolute atomic E-state index is 13.2. The number of aryl methyl sites for hydroxylation is 3. The minimum atomic E-state index is -0.604. The average Bonchev–Trinajstić information content (AvgIpc) is 2.81. The van der Waals surface area contributed by atoms with Gasteiger partial charge in [-0.25, -0.2) is 0 Å². The van der Waals surface area contributed by atoms with Crippen molar-refractivity contribution >= 4 is 11.6 Å². The summed E-state index contributed by atoms with van der Waals surface area (Å²) in [7, 11) is 1.69. The number of amides is 1. The molecule has 0 saturated carbocycles. The fourth-order valence-corrected chi connectivity index (χ4v) is 5.03. The highest BCUT2D eigenvalue weighted by atomic mass is 16.5. The van der Waals surface area contributed by atoms with Gasteiger partial charge in [-0.1, -0.05) is 54.1 Å². The molecule has 0 bridgehead atoms. The predicted molar refractivity (Wildman–Crippen MR) is 139 cm³/mol. The first kappa shape index (κ1) is 23.8. The Kier molecular flexibility index (Phi) is 7.23. The Morgan fingerprint density at radius 3 is 2.47 bits per heavy atom. The molecular weight excluding hydrogens is 422 g/mol. The summed E-state index contributed by atoms with van der Waals surface area (Å²) in [5.41, 5.74) is 15.5. The first-order valence-electron chi connectivity index (χ1n) is 12.0. The van der Waals surface area contributed by atoms with Crippen LogP contribution < -0.4 is 21.1 Å². The number of carbonyl (C=O) groups excluding carboxylic acids is 1. The molecule has 0 unspecified atom stereocenters. The topological polar surface area (TPSA) is 76.4 Å². The molecule has 0 fully saturated rings. The third-order valence-corrected chi connectivity index (χ3v) is 6.69. The zero-order chi connectivity index (χ0) is 24.2. The van der Waals surface area contributed by atoms with Gasteiger partial charge in [0.05, 0.1) is 24.9 Å². The van der Waals surface area contributed by atoms with Crippen LogP contribution in [-0.2, 0) is 17.6 Å². The lowest BCUT2D eigenvalue weighted by Gasteiger charge is -2.30. The molecule has 1 aliphatic rings. The summed E-state index contributed by atoms with van der Waals surface area (Å²) in [6.45, 7) is 7.02. The molecule has 5 nitrogen and oxygen atoms in total. The van der Waals surface area contributed by atoms with E-state index >= 15 is 0 Å². The van der Waals surface area contributed by atoms with Gasteiger partial charge in [-0.15, -0.1) is 0 Å². The molecule has 5 heteroatoms. The average molecular weight is 458 g/mol. The van der Waals surface area contributed by atoms with Crippen molar-refractivity contribution in [3.63, 3.8) is 0 Å². The monoisotopic (exact) mass is 457 g/mol. The Balaban J connectivity index is 1.54. The molecule has 178 valence electrons. The van der Waals surface area contributed by atoms with Crippen LogP contribution in [0.15, 0.2) is 54.6 Å². The number of fused-ring (bicyclic) bond motifs is 1. The number of benzene rings is 3. The molecule has 1 amide bonds. The van der Waals surface area contributed by atoms with E-state index in [4.69, 9.17) is 10.5 Å². The van der Waals surface area contributed by atoms with E-state index in [-0.39, 0.29) is 11.9 Å². The van der Waals surface area contributed by atoms with Crippen LogP contribution in [0.4, 0.5) is 5.69 Å². The molecule has 1 heterocycles. The predicted octanol–water partition coefficient (Wildman–Crippen LogP) is 4.75. The molecule has 0 radical (unpaired) electrons. The smallest absolute Gasteiger partial charge is 0.237 e. The summed E-state index contributed by atoms with van der Waals surface area (Å²) < 4.78 is 5.71. The SMILES string of the molecule is COc1cc(Cc2ccccc2)cc2c1NCC[C@H]2NC(=O)[C@@H](N)Cc1c(C)cc(C)cc1C. The van der Waals surface area contributed by atoms with Crippen molar-refractivity contribution in [3.8, 4) is 5.75 Å². The van der Waals surface area contributed by atoms with E-state index in [1.54, 1.807) is 7.11 Å². The van der Waals surface area contributed by atoms with E-state index in [1.165, 1.54) is 22.3 Å². The fourth-order valence-electron chi connectivity index (χ4n) is 5.03. The van der Waals surface area contributed by atoms with E-state index in [0.29, 0.717) is 6.42 Å². The summed E-state index contributed by atoms with van der Waals surface area (Å²) in [6, 6.07) is 18.2. The second-order valence-electron chi connectivity index (χ2n) is 9.39. The van der Waals surface area contributed by atoms with Gasteiger partial charge < -0.3 is 21.1 Å². The Morgan fingerprint density at radius 1 is 1.09 bits per heavy atom. The number of methoxy groups -OCH3 is 1. The van der Waals surface area contributed by atoms with Crippen molar-refractivity contribution in [1.82, 2.24) is 5.32 Å². The van der Waals surface area contributed by atoms with Crippen LogP contribution in [-0.4, -0.2) is 25.6 Å². The molecule has 0 saturated heterocycles. The second kappa shape index (κ2) is 10.3. The van der Waals surface area contributed by atoms with E-state index in [2.05, 4.69) is 79.9 Å². The molecule has 0 aliphatic carbocycles. The number of hydrogen-bond donors (Lipinski definition) is 3. The van der Waals surface area contributed by atoms with Crippen LogP contribution in [0.3, 0.4) is 0 Å². The van der Waals surface area contributed by atoms with Crippen LogP contribution in [0.1, 0.15) is 51.4 Å². The lowest BCUT2D eigenvalue weighted by Crippen LogP contribution is -2.44. The molecule has 4 N–H and O–H groups in total. The summed E-state index contributed by atoms with van der Waals surface area (Å²) >= 11 is 0. The van der Waals surface area contributed by atoms with E-state index < -0.39 is 6.04 Å². The number of hydrogen-bond acceptors (Lipinski definition) is 4. The molecule has 0 spiro atoms. The maximum Gasteiger partial charge on any atom is 0.237 e. The number of carbonyl (C=O) groups is 1. The highest BCUT2D eigenvalue weighted by molar-refractivity contribution is 5.83. The minimum absolute atomic E-state index is 0.111. The van der Waals surface area contributed by atoms with Crippen LogP contribution in [0.25, 0.3) is 0 Å². The van der Waals surface area contributed by atoms with Gasteiger partial charge in [-0.05, 0) is 73.9 Å². The Morgan fingerprint density at radius 2 is 1.79 bits per heavy atom. The summed E-state index contributed by atoms with van der Waals surface area (Å²) in [5.74, 6) is 0.683. The zero-order valence-electron chi connectivity index (χ0n) is 20.6. The van der Waals surface area contributed by atoms with Crippen LogP contribution in [0, 0.1) is 20.8 Å². The molecule has 1 aliphatic heterocycles. The molecule has 4 rings (SSSR count). The second-order valence-corrected chi connectivity index (χ2v) is 9.39. The van der Waals surface area contributed by atoms with Crippen LogP contribution in [0.5, 0.6) is 5.75 Å². The van der Waals surface area contributed by atoms with Gasteiger partial charge in [0.15, 0.2) is 0 Å². The number of nitrogens with two attached hydrogens (primary N) is 1. The number of ether oxygens (including phenoxy) is 1. The Hall–Kier alpha value is -3.31. The molecule has 34 heavy (non-hydrogen) atoms. The quantitative estimate of drug-likeness (QED) is 0.478. The third-order valence-electron chi connectivity index (χ3n) is 6.69. The Labute approximate surface area is 202 Å². The summed E-state index contributed by atoms with van der Waals surface area (Å²) in [6.07, 6.45) is 2.13. The van der Waals surface area contributed by atoms with Crippen molar-refractivity contribution in [2.75, 3.05) is 19.0 Å². The van der Waals surface area contributed by atoms with Crippen molar-refractivity contribution in [2.24, 2.45) is 5.73 Å².